The molecule has 0 bridgehead atoms. The summed E-state index contributed by atoms with van der Waals surface area (Å²) in [6.07, 6.45) is 1.73. The number of imidazole rings is 1. The molecule has 0 N–H and O–H groups in total. The topological polar surface area (TPSA) is 86.7 Å². The fraction of sp³-hybridized carbons (Fsp3) is 0.267. The zero-order chi connectivity index (χ0) is 16.4. The van der Waals surface area contributed by atoms with Gasteiger partial charge >= 0.3 is 0 Å². The number of nitro groups is 1. The lowest BCUT2D eigenvalue weighted by atomic mass is 10.3. The van der Waals surface area contributed by atoms with E-state index in [4.69, 9.17) is 0 Å². The van der Waals surface area contributed by atoms with Gasteiger partial charge in [0, 0.05) is 30.6 Å². The summed E-state index contributed by atoms with van der Waals surface area (Å²) in [6, 6.07) is 6.63. The van der Waals surface area contributed by atoms with Crippen LogP contribution in [0.2, 0.25) is 0 Å². The predicted molar refractivity (Wildman–Crippen MR) is 88.4 cm³/mol. The molecule has 0 unspecified atom stereocenters. The molecule has 0 saturated heterocycles. The van der Waals surface area contributed by atoms with Gasteiger partial charge in [-0.05, 0) is 26.0 Å². The van der Waals surface area contributed by atoms with Gasteiger partial charge in [-0.25, -0.2) is 15.0 Å². The van der Waals surface area contributed by atoms with E-state index in [0.29, 0.717) is 16.4 Å². The van der Waals surface area contributed by atoms with Gasteiger partial charge in [-0.2, -0.15) is 0 Å². The number of thioether (sulfide) groups is 1. The van der Waals surface area contributed by atoms with Crippen molar-refractivity contribution < 1.29 is 4.92 Å². The summed E-state index contributed by atoms with van der Waals surface area (Å²) in [6.45, 7) is 4.70. The van der Waals surface area contributed by atoms with Crippen LogP contribution in [0.5, 0.6) is 0 Å². The average Bonchev–Trinajstić information content (AvgIpc) is 2.89. The Kier molecular flexibility index (Phi) is 4.24. The van der Waals surface area contributed by atoms with Crippen LogP contribution in [0.25, 0.3) is 11.0 Å². The Bertz CT molecular complexity index is 877. The molecule has 0 spiro atoms. The molecule has 0 aliphatic heterocycles. The molecule has 3 aromatic rings. The van der Waals surface area contributed by atoms with Gasteiger partial charge in [0.25, 0.3) is 5.69 Å². The van der Waals surface area contributed by atoms with Crippen molar-refractivity contribution in [3.63, 3.8) is 0 Å². The number of rotatable bonds is 5. The second kappa shape index (κ2) is 6.33. The van der Waals surface area contributed by atoms with Crippen molar-refractivity contribution in [2.24, 2.45) is 0 Å². The van der Waals surface area contributed by atoms with Crippen LogP contribution in [0.4, 0.5) is 5.69 Å². The minimum absolute atomic E-state index is 0.0551. The Morgan fingerprint density at radius 3 is 2.83 bits per heavy atom. The molecule has 0 fully saturated rings. The fourth-order valence-electron chi connectivity index (χ4n) is 2.37. The Morgan fingerprint density at radius 2 is 2.13 bits per heavy atom. The average molecular weight is 329 g/mol. The van der Waals surface area contributed by atoms with Crippen molar-refractivity contribution in [3.8, 4) is 0 Å². The summed E-state index contributed by atoms with van der Waals surface area (Å²) in [5.74, 6) is 1.47. The summed E-state index contributed by atoms with van der Waals surface area (Å²) < 4.78 is 2.06. The molecule has 7 nitrogen and oxygen atoms in total. The summed E-state index contributed by atoms with van der Waals surface area (Å²) in [4.78, 5) is 23.6. The van der Waals surface area contributed by atoms with Crippen LogP contribution in [0.3, 0.4) is 0 Å². The maximum absolute atomic E-state index is 10.9. The number of fused-ring (bicyclic) bond motifs is 1. The van der Waals surface area contributed by atoms with E-state index in [9.17, 15) is 10.1 Å². The van der Waals surface area contributed by atoms with E-state index < -0.39 is 4.92 Å². The fourth-order valence-corrected chi connectivity index (χ4v) is 3.19. The molecule has 8 heteroatoms. The monoisotopic (exact) mass is 329 g/mol. The third-order valence-electron chi connectivity index (χ3n) is 3.44. The highest BCUT2D eigenvalue weighted by molar-refractivity contribution is 7.98. The predicted octanol–water partition coefficient (Wildman–Crippen LogP) is 3.36. The van der Waals surface area contributed by atoms with Gasteiger partial charge in [0.2, 0.25) is 0 Å². The Labute approximate surface area is 136 Å². The first kappa shape index (κ1) is 15.4. The summed E-state index contributed by atoms with van der Waals surface area (Å²) in [5.41, 5.74) is 2.52. The van der Waals surface area contributed by atoms with Crippen LogP contribution >= 0.6 is 11.8 Å². The smallest absolute Gasteiger partial charge is 0.271 e. The van der Waals surface area contributed by atoms with E-state index in [0.717, 1.165) is 23.6 Å². The molecule has 0 aliphatic carbocycles. The second-order valence-electron chi connectivity index (χ2n) is 4.97. The molecule has 0 amide bonds. The highest BCUT2D eigenvalue weighted by Crippen LogP contribution is 2.25. The summed E-state index contributed by atoms with van der Waals surface area (Å²) in [7, 11) is 0. The van der Waals surface area contributed by atoms with Gasteiger partial charge in [0.15, 0.2) is 5.16 Å². The van der Waals surface area contributed by atoms with Crippen LogP contribution in [-0.4, -0.2) is 24.4 Å². The lowest BCUT2D eigenvalue weighted by Crippen LogP contribution is -2.00. The van der Waals surface area contributed by atoms with Gasteiger partial charge in [0.1, 0.15) is 5.82 Å². The van der Waals surface area contributed by atoms with Crippen LogP contribution in [0.1, 0.15) is 18.4 Å². The quantitative estimate of drug-likeness (QED) is 0.309. The molecule has 2 heterocycles. The van der Waals surface area contributed by atoms with Crippen molar-refractivity contribution in [3.05, 3.63) is 52.1 Å². The van der Waals surface area contributed by atoms with E-state index in [1.807, 2.05) is 19.9 Å². The van der Waals surface area contributed by atoms with Gasteiger partial charge in [-0.1, -0.05) is 11.8 Å². The van der Waals surface area contributed by atoms with Crippen molar-refractivity contribution in [2.75, 3.05) is 0 Å². The zero-order valence-electron chi connectivity index (χ0n) is 12.8. The number of nitrogens with zero attached hydrogens (tertiary/aromatic N) is 5. The zero-order valence-corrected chi connectivity index (χ0v) is 13.6. The first-order valence-electron chi connectivity index (χ1n) is 7.14. The molecule has 3 rings (SSSR count). The lowest BCUT2D eigenvalue weighted by molar-refractivity contribution is -0.384. The van der Waals surface area contributed by atoms with Crippen molar-refractivity contribution in [1.29, 1.82) is 0 Å². The van der Waals surface area contributed by atoms with E-state index in [1.54, 1.807) is 12.3 Å². The van der Waals surface area contributed by atoms with Crippen LogP contribution in [0.15, 0.2) is 35.6 Å². The van der Waals surface area contributed by atoms with Gasteiger partial charge < -0.3 is 4.57 Å². The standard InChI is InChI=1S/C15H15N5O2S/c1-3-19-13-5-4-11(20(21)22)8-12(13)18-14(19)9-23-15-16-7-6-10(2)17-15/h4-8H,3,9H2,1-2H3. The second-order valence-corrected chi connectivity index (χ2v) is 5.91. The van der Waals surface area contributed by atoms with Crippen LogP contribution < -0.4 is 0 Å². The molecular formula is C15H15N5O2S. The Morgan fingerprint density at radius 1 is 1.30 bits per heavy atom. The number of hydrogen-bond acceptors (Lipinski definition) is 6. The Hall–Kier alpha value is -2.48. The SMILES string of the molecule is CCn1c(CSc2nccc(C)n2)nc2cc([N+](=O)[O-])ccc21. The number of aromatic nitrogens is 4. The molecule has 23 heavy (non-hydrogen) atoms. The number of benzene rings is 1. The highest BCUT2D eigenvalue weighted by Gasteiger charge is 2.14. The summed E-state index contributed by atoms with van der Waals surface area (Å²) >= 11 is 1.50. The van der Waals surface area contributed by atoms with Crippen LogP contribution in [0, 0.1) is 17.0 Å². The first-order chi connectivity index (χ1) is 11.1. The van der Waals surface area contributed by atoms with Crippen LogP contribution in [-0.2, 0) is 12.3 Å². The first-order valence-corrected chi connectivity index (χ1v) is 8.13. The number of hydrogen-bond donors (Lipinski definition) is 0. The van der Waals surface area contributed by atoms with Gasteiger partial charge in [-0.3, -0.25) is 10.1 Å². The number of aryl methyl sites for hydroxylation is 2. The number of nitro benzene ring substituents is 1. The minimum atomic E-state index is -0.403. The van der Waals surface area contributed by atoms with Gasteiger partial charge in [0.05, 0.1) is 21.7 Å². The molecular weight excluding hydrogens is 314 g/mol. The molecule has 1 aromatic carbocycles. The van der Waals surface area contributed by atoms with Crippen molar-refractivity contribution >= 4 is 28.5 Å². The third kappa shape index (κ3) is 3.16. The third-order valence-corrected chi connectivity index (χ3v) is 4.30. The molecule has 118 valence electrons. The molecule has 0 aliphatic rings. The Balaban J connectivity index is 1.92. The number of non-ortho nitro benzene ring substituents is 1. The maximum atomic E-state index is 10.9. The van der Waals surface area contributed by atoms with Crippen molar-refractivity contribution in [1.82, 2.24) is 19.5 Å². The molecule has 0 radical (unpaired) electrons. The minimum Gasteiger partial charge on any atom is -0.328 e. The summed E-state index contributed by atoms with van der Waals surface area (Å²) in [5, 5.41) is 11.6. The van der Waals surface area contributed by atoms with E-state index in [-0.39, 0.29) is 5.69 Å². The highest BCUT2D eigenvalue weighted by atomic mass is 32.2. The van der Waals surface area contributed by atoms with E-state index in [2.05, 4.69) is 19.5 Å². The molecule has 0 atom stereocenters. The molecule has 0 saturated carbocycles. The van der Waals surface area contributed by atoms with E-state index >= 15 is 0 Å². The largest absolute Gasteiger partial charge is 0.328 e. The van der Waals surface area contributed by atoms with Crippen molar-refractivity contribution in [2.45, 2.75) is 31.3 Å². The normalized spacial score (nSPS) is 11.0. The van der Waals surface area contributed by atoms with Gasteiger partial charge in [-0.15, -0.1) is 0 Å². The lowest BCUT2D eigenvalue weighted by Gasteiger charge is -2.05. The maximum Gasteiger partial charge on any atom is 0.271 e. The molecule has 2 aromatic heterocycles. The van der Waals surface area contributed by atoms with E-state index in [1.165, 1.54) is 23.9 Å².